The maximum atomic E-state index is 11.8. The van der Waals surface area contributed by atoms with Crippen molar-refractivity contribution in [2.24, 2.45) is 9.98 Å². The maximum absolute atomic E-state index is 11.8. The molecule has 0 aromatic heterocycles. The SMILES string of the molecule is CCOC(=O)c1ccccc1N=C=Nc1ccc(Cl)cc1. The van der Waals surface area contributed by atoms with E-state index in [1.807, 2.05) is 0 Å². The number of nitrogens with zero attached hydrogens (tertiary/aromatic N) is 2. The monoisotopic (exact) mass is 300 g/mol. The fourth-order valence-electron chi connectivity index (χ4n) is 1.60. The quantitative estimate of drug-likeness (QED) is 0.609. The lowest BCUT2D eigenvalue weighted by molar-refractivity contribution is 0.0527. The van der Waals surface area contributed by atoms with Gasteiger partial charge < -0.3 is 4.74 Å². The normalized spacial score (nSPS) is 9.62. The summed E-state index contributed by atoms with van der Waals surface area (Å²) in [6.07, 6.45) is 0. The molecule has 4 nitrogen and oxygen atoms in total. The van der Waals surface area contributed by atoms with Gasteiger partial charge in [0.05, 0.1) is 23.5 Å². The lowest BCUT2D eigenvalue weighted by Gasteiger charge is -2.03. The molecule has 0 N–H and O–H groups in total. The largest absolute Gasteiger partial charge is 0.462 e. The topological polar surface area (TPSA) is 51.0 Å². The number of esters is 1. The van der Waals surface area contributed by atoms with E-state index < -0.39 is 5.97 Å². The Balaban J connectivity index is 2.24. The van der Waals surface area contributed by atoms with Crippen LogP contribution in [0.1, 0.15) is 17.3 Å². The Morgan fingerprint density at radius 1 is 1.14 bits per heavy atom. The molecule has 0 radical (unpaired) electrons. The van der Waals surface area contributed by atoms with Gasteiger partial charge in [0, 0.05) is 5.02 Å². The standard InChI is InChI=1S/C16H13ClN2O2/c1-2-21-16(20)14-5-3-4-6-15(14)19-11-18-13-9-7-12(17)8-10-13/h3-10H,2H2,1H3. The van der Waals surface area contributed by atoms with Gasteiger partial charge in [-0.2, -0.15) is 9.98 Å². The van der Waals surface area contributed by atoms with Crippen molar-refractivity contribution >= 4 is 35.0 Å². The highest BCUT2D eigenvalue weighted by molar-refractivity contribution is 6.30. The van der Waals surface area contributed by atoms with Crippen LogP contribution in [0.4, 0.5) is 11.4 Å². The van der Waals surface area contributed by atoms with Crippen LogP contribution >= 0.6 is 11.6 Å². The van der Waals surface area contributed by atoms with Gasteiger partial charge >= 0.3 is 5.97 Å². The third-order valence-electron chi connectivity index (χ3n) is 2.58. The number of aliphatic imine (C=N–C) groups is 2. The molecule has 0 bridgehead atoms. The summed E-state index contributed by atoms with van der Waals surface area (Å²) in [6.45, 7) is 2.07. The first-order valence-electron chi connectivity index (χ1n) is 6.39. The maximum Gasteiger partial charge on any atom is 0.340 e. The second-order valence-corrected chi connectivity index (χ2v) is 4.47. The summed E-state index contributed by atoms with van der Waals surface area (Å²) >= 11 is 5.79. The van der Waals surface area contributed by atoms with Gasteiger partial charge in [-0.3, -0.25) is 0 Å². The van der Waals surface area contributed by atoms with Gasteiger partial charge in [0.25, 0.3) is 0 Å². The van der Waals surface area contributed by atoms with Gasteiger partial charge in [0.15, 0.2) is 0 Å². The Hall–Kier alpha value is -2.42. The molecule has 2 aromatic rings. The first-order chi connectivity index (χ1) is 10.2. The molecule has 0 saturated heterocycles. The number of para-hydroxylation sites is 1. The fraction of sp³-hybridized carbons (Fsp3) is 0.125. The van der Waals surface area contributed by atoms with Crippen molar-refractivity contribution in [3.05, 3.63) is 59.1 Å². The minimum Gasteiger partial charge on any atom is -0.462 e. The molecule has 0 aliphatic heterocycles. The van der Waals surface area contributed by atoms with Crippen molar-refractivity contribution in [2.75, 3.05) is 6.61 Å². The van der Waals surface area contributed by atoms with Gasteiger partial charge in [-0.1, -0.05) is 23.7 Å². The van der Waals surface area contributed by atoms with Gasteiger partial charge in [-0.25, -0.2) is 4.79 Å². The summed E-state index contributed by atoms with van der Waals surface area (Å²) in [6, 6.07) is 16.4. The van der Waals surface area contributed by atoms with Crippen molar-refractivity contribution in [1.82, 2.24) is 0 Å². The van der Waals surface area contributed by atoms with Crippen LogP contribution in [0.25, 0.3) is 0 Å². The highest BCUT2D eigenvalue weighted by Gasteiger charge is 2.10. The van der Waals surface area contributed by atoms with Gasteiger partial charge in [-0.05, 0) is 43.3 Å². The van der Waals surface area contributed by atoms with Crippen LogP contribution in [-0.4, -0.2) is 18.6 Å². The molecular weight excluding hydrogens is 288 g/mol. The second kappa shape index (κ2) is 7.39. The molecule has 106 valence electrons. The Morgan fingerprint density at radius 3 is 2.57 bits per heavy atom. The van der Waals surface area contributed by atoms with Crippen LogP contribution < -0.4 is 0 Å². The zero-order valence-corrected chi connectivity index (χ0v) is 12.2. The molecular formula is C16H13ClN2O2. The number of hydrogen-bond acceptors (Lipinski definition) is 4. The minimum atomic E-state index is -0.412. The number of hydrogen-bond donors (Lipinski definition) is 0. The van der Waals surface area contributed by atoms with Gasteiger partial charge in [0.2, 0.25) is 0 Å². The van der Waals surface area contributed by atoms with E-state index in [1.54, 1.807) is 55.5 Å². The van der Waals surface area contributed by atoms with Crippen molar-refractivity contribution < 1.29 is 9.53 Å². The van der Waals surface area contributed by atoms with E-state index in [0.29, 0.717) is 28.6 Å². The molecule has 0 spiro atoms. The van der Waals surface area contributed by atoms with Crippen LogP contribution in [0.2, 0.25) is 5.02 Å². The van der Waals surface area contributed by atoms with Crippen LogP contribution in [0.5, 0.6) is 0 Å². The second-order valence-electron chi connectivity index (χ2n) is 4.04. The number of carbonyl (C=O) groups is 1. The van der Waals surface area contributed by atoms with Crippen LogP contribution in [0.15, 0.2) is 58.5 Å². The number of benzene rings is 2. The van der Waals surface area contributed by atoms with E-state index in [4.69, 9.17) is 16.3 Å². The number of halogens is 1. The third kappa shape index (κ3) is 4.28. The molecule has 0 amide bonds. The van der Waals surface area contributed by atoms with E-state index >= 15 is 0 Å². The number of ether oxygens (including phenoxy) is 1. The molecule has 0 heterocycles. The lowest BCUT2D eigenvalue weighted by atomic mass is 10.2. The van der Waals surface area contributed by atoms with Crippen molar-refractivity contribution in [2.45, 2.75) is 6.92 Å². The van der Waals surface area contributed by atoms with Gasteiger partial charge in [-0.15, -0.1) is 0 Å². The Labute approximate surface area is 127 Å². The van der Waals surface area contributed by atoms with Crippen LogP contribution in [0, 0.1) is 0 Å². The van der Waals surface area contributed by atoms with Crippen molar-refractivity contribution in [1.29, 1.82) is 0 Å². The van der Waals surface area contributed by atoms with E-state index in [0.717, 1.165) is 0 Å². The highest BCUT2D eigenvalue weighted by atomic mass is 35.5. The van der Waals surface area contributed by atoms with E-state index in [2.05, 4.69) is 16.0 Å². The molecule has 21 heavy (non-hydrogen) atoms. The van der Waals surface area contributed by atoms with Crippen LogP contribution in [0.3, 0.4) is 0 Å². The summed E-state index contributed by atoms with van der Waals surface area (Å²) in [4.78, 5) is 19.9. The molecule has 0 unspecified atom stereocenters. The number of carbonyl (C=O) groups excluding carboxylic acids is 1. The summed E-state index contributed by atoms with van der Waals surface area (Å²) in [5.74, 6) is -0.412. The Kier molecular flexibility index (Phi) is 5.27. The highest BCUT2D eigenvalue weighted by Crippen LogP contribution is 2.19. The molecule has 2 rings (SSSR count). The van der Waals surface area contributed by atoms with E-state index in [-0.39, 0.29) is 0 Å². The Bertz CT molecular complexity index is 690. The smallest absolute Gasteiger partial charge is 0.340 e. The predicted molar refractivity (Wildman–Crippen MR) is 83.0 cm³/mol. The summed E-state index contributed by atoms with van der Waals surface area (Å²) in [7, 11) is 0. The molecule has 0 fully saturated rings. The zero-order chi connectivity index (χ0) is 15.1. The predicted octanol–water partition coefficient (Wildman–Crippen LogP) is 4.65. The lowest BCUT2D eigenvalue weighted by Crippen LogP contribution is -2.04. The number of rotatable bonds is 4. The molecule has 0 aliphatic carbocycles. The van der Waals surface area contributed by atoms with Gasteiger partial charge in [0.1, 0.15) is 6.01 Å². The minimum absolute atomic E-state index is 0.315. The molecule has 2 aromatic carbocycles. The first kappa shape index (κ1) is 15.0. The third-order valence-corrected chi connectivity index (χ3v) is 2.83. The summed E-state index contributed by atoms with van der Waals surface area (Å²) in [5.41, 5.74) is 1.53. The van der Waals surface area contributed by atoms with Crippen LogP contribution in [-0.2, 0) is 4.74 Å². The Morgan fingerprint density at radius 2 is 1.86 bits per heavy atom. The average molecular weight is 301 g/mol. The molecule has 0 aliphatic rings. The van der Waals surface area contributed by atoms with E-state index in [1.165, 1.54) is 0 Å². The average Bonchev–Trinajstić information content (AvgIpc) is 2.50. The summed E-state index contributed by atoms with van der Waals surface area (Å²) < 4.78 is 4.97. The van der Waals surface area contributed by atoms with Crippen molar-refractivity contribution in [3.63, 3.8) is 0 Å². The molecule has 0 saturated carbocycles. The first-order valence-corrected chi connectivity index (χ1v) is 6.76. The molecule has 0 atom stereocenters. The fourth-order valence-corrected chi connectivity index (χ4v) is 1.73. The summed E-state index contributed by atoms with van der Waals surface area (Å²) in [5, 5.41) is 0.638. The zero-order valence-electron chi connectivity index (χ0n) is 11.4. The van der Waals surface area contributed by atoms with Crippen molar-refractivity contribution in [3.8, 4) is 0 Å². The van der Waals surface area contributed by atoms with E-state index in [9.17, 15) is 4.79 Å². The molecule has 5 heteroatoms.